The summed E-state index contributed by atoms with van der Waals surface area (Å²) in [6, 6.07) is 11.0. The van der Waals surface area contributed by atoms with Gasteiger partial charge in [-0.3, -0.25) is 0 Å². The molecule has 0 spiro atoms. The van der Waals surface area contributed by atoms with Crippen LogP contribution in [0.5, 0.6) is 0 Å². The molecular formula is C9H10. The standard InChI is InChI=1S/C9H10/c1-2-6-9-7-4-3-5-8-9/h3-4,7-8H,1-2,6H2. The summed E-state index contributed by atoms with van der Waals surface area (Å²) in [5, 5.41) is 0. The van der Waals surface area contributed by atoms with Gasteiger partial charge in [-0.1, -0.05) is 31.2 Å². The molecule has 1 aromatic carbocycles. The minimum absolute atomic E-state index is 0.970. The third kappa shape index (κ3) is 1.88. The normalized spacial score (nSPS) is 9.44. The molecular weight excluding hydrogens is 108 g/mol. The van der Waals surface area contributed by atoms with Gasteiger partial charge in [0.1, 0.15) is 0 Å². The molecule has 0 bridgehead atoms. The van der Waals surface area contributed by atoms with E-state index in [1.165, 1.54) is 5.56 Å². The van der Waals surface area contributed by atoms with Crippen molar-refractivity contribution in [3.05, 3.63) is 42.8 Å². The Kier molecular flexibility index (Phi) is 2.32. The molecule has 0 saturated heterocycles. The van der Waals surface area contributed by atoms with Crippen LogP contribution in [0.3, 0.4) is 0 Å². The van der Waals surface area contributed by atoms with Crippen LogP contribution in [0.2, 0.25) is 0 Å². The summed E-state index contributed by atoms with van der Waals surface area (Å²) in [6.45, 7) is 3.77. The van der Waals surface area contributed by atoms with E-state index in [0.29, 0.717) is 0 Å². The lowest BCUT2D eigenvalue weighted by Gasteiger charge is -1.93. The Morgan fingerprint density at radius 1 is 1.56 bits per heavy atom. The second kappa shape index (κ2) is 3.29. The van der Waals surface area contributed by atoms with Crippen LogP contribution in [-0.4, -0.2) is 0 Å². The maximum atomic E-state index is 3.77. The molecule has 1 aromatic rings. The summed E-state index contributed by atoms with van der Waals surface area (Å²) in [5.41, 5.74) is 1.33. The van der Waals surface area contributed by atoms with Crippen molar-refractivity contribution in [2.45, 2.75) is 12.8 Å². The van der Waals surface area contributed by atoms with Gasteiger partial charge in [0.05, 0.1) is 0 Å². The number of benzene rings is 1. The lowest BCUT2D eigenvalue weighted by atomic mass is 10.1. The van der Waals surface area contributed by atoms with E-state index in [-0.39, 0.29) is 0 Å². The van der Waals surface area contributed by atoms with Gasteiger partial charge in [-0.2, -0.15) is 0 Å². The zero-order valence-electron chi connectivity index (χ0n) is 5.43. The molecule has 9 heavy (non-hydrogen) atoms. The molecule has 1 rings (SSSR count). The summed E-state index contributed by atoms with van der Waals surface area (Å²) < 4.78 is 0. The van der Waals surface area contributed by atoms with E-state index in [2.05, 4.69) is 19.1 Å². The van der Waals surface area contributed by atoms with Crippen LogP contribution < -0.4 is 0 Å². The number of rotatable bonds is 2. The first-order chi connectivity index (χ1) is 4.43. The highest BCUT2D eigenvalue weighted by Crippen LogP contribution is 1.99. The molecule has 0 saturated carbocycles. The summed E-state index contributed by atoms with van der Waals surface area (Å²) in [5.74, 6) is 0. The van der Waals surface area contributed by atoms with Gasteiger partial charge in [-0.15, -0.1) is 0 Å². The van der Waals surface area contributed by atoms with Gasteiger partial charge in [0.15, 0.2) is 0 Å². The van der Waals surface area contributed by atoms with Gasteiger partial charge in [0, 0.05) is 0 Å². The maximum absolute atomic E-state index is 3.77. The molecule has 0 nitrogen and oxygen atoms in total. The van der Waals surface area contributed by atoms with Crippen molar-refractivity contribution < 1.29 is 0 Å². The molecule has 0 aliphatic rings. The van der Waals surface area contributed by atoms with Gasteiger partial charge >= 0.3 is 0 Å². The minimum atomic E-state index is 0.970. The molecule has 0 fully saturated rings. The highest BCUT2D eigenvalue weighted by atomic mass is 13.9. The SMILES string of the molecule is [CH2]CCc1c[c]ccc1. The van der Waals surface area contributed by atoms with Gasteiger partial charge in [-0.05, 0) is 24.5 Å². The van der Waals surface area contributed by atoms with E-state index < -0.39 is 0 Å². The fraction of sp³-hybridized carbons (Fsp3) is 0.222. The van der Waals surface area contributed by atoms with E-state index in [1.54, 1.807) is 0 Å². The predicted molar refractivity (Wildman–Crippen MR) is 39.0 cm³/mol. The van der Waals surface area contributed by atoms with Crippen molar-refractivity contribution in [2.75, 3.05) is 0 Å². The Morgan fingerprint density at radius 3 is 3.00 bits per heavy atom. The van der Waals surface area contributed by atoms with Gasteiger partial charge < -0.3 is 0 Å². The highest BCUT2D eigenvalue weighted by molar-refractivity contribution is 5.13. The third-order valence-electron chi connectivity index (χ3n) is 1.24. The molecule has 0 aliphatic carbocycles. The second-order valence-corrected chi connectivity index (χ2v) is 2.02. The van der Waals surface area contributed by atoms with Crippen LogP contribution >= 0.6 is 0 Å². The lowest BCUT2D eigenvalue weighted by Crippen LogP contribution is -1.79. The van der Waals surface area contributed by atoms with Crippen molar-refractivity contribution in [2.24, 2.45) is 0 Å². The lowest BCUT2D eigenvalue weighted by molar-refractivity contribution is 0.999. The fourth-order valence-corrected chi connectivity index (χ4v) is 0.790. The topological polar surface area (TPSA) is 0 Å². The molecule has 0 heteroatoms. The Morgan fingerprint density at radius 2 is 2.44 bits per heavy atom. The van der Waals surface area contributed by atoms with Crippen LogP contribution in [0.4, 0.5) is 0 Å². The molecule has 0 N–H and O–H groups in total. The third-order valence-corrected chi connectivity index (χ3v) is 1.24. The molecule has 0 atom stereocenters. The van der Waals surface area contributed by atoms with Crippen molar-refractivity contribution in [3.8, 4) is 0 Å². The first kappa shape index (κ1) is 6.34. The van der Waals surface area contributed by atoms with Crippen molar-refractivity contribution in [1.29, 1.82) is 0 Å². The van der Waals surface area contributed by atoms with Gasteiger partial charge in [-0.25, -0.2) is 0 Å². The summed E-state index contributed by atoms with van der Waals surface area (Å²) >= 11 is 0. The van der Waals surface area contributed by atoms with Gasteiger partial charge in [0.2, 0.25) is 0 Å². The van der Waals surface area contributed by atoms with Crippen LogP contribution in [0, 0.1) is 13.0 Å². The average molecular weight is 118 g/mol. The molecule has 0 unspecified atom stereocenters. The van der Waals surface area contributed by atoms with Crippen molar-refractivity contribution in [1.82, 2.24) is 0 Å². The second-order valence-electron chi connectivity index (χ2n) is 2.02. The Balaban J connectivity index is 2.61. The Hall–Kier alpha value is -0.780. The molecule has 0 aromatic heterocycles. The van der Waals surface area contributed by atoms with E-state index >= 15 is 0 Å². The number of aryl methyl sites for hydroxylation is 1. The molecule has 0 aliphatic heterocycles. The fourth-order valence-electron chi connectivity index (χ4n) is 0.790. The predicted octanol–water partition coefficient (Wildman–Crippen LogP) is 2.25. The average Bonchev–Trinajstić information content (AvgIpc) is 1.91. The van der Waals surface area contributed by atoms with Crippen LogP contribution in [0.15, 0.2) is 24.3 Å². The van der Waals surface area contributed by atoms with Crippen LogP contribution in [-0.2, 0) is 6.42 Å². The minimum Gasteiger partial charge on any atom is -0.0614 e. The molecule has 0 heterocycles. The first-order valence-electron chi connectivity index (χ1n) is 3.17. The largest absolute Gasteiger partial charge is 0.0614 e. The monoisotopic (exact) mass is 118 g/mol. The quantitative estimate of drug-likeness (QED) is 0.558. The summed E-state index contributed by atoms with van der Waals surface area (Å²) in [6.07, 6.45) is 2.04. The smallest absolute Gasteiger partial charge is 0.0181 e. The zero-order valence-corrected chi connectivity index (χ0v) is 5.43. The molecule has 46 valence electrons. The number of hydrogen-bond donors (Lipinski definition) is 0. The number of hydrogen-bond acceptors (Lipinski definition) is 0. The van der Waals surface area contributed by atoms with Crippen molar-refractivity contribution in [3.63, 3.8) is 0 Å². The Labute approximate surface area is 56.5 Å². The van der Waals surface area contributed by atoms with E-state index in [0.717, 1.165) is 12.8 Å². The first-order valence-corrected chi connectivity index (χ1v) is 3.17. The van der Waals surface area contributed by atoms with E-state index in [1.807, 2.05) is 18.2 Å². The molecule has 2 radical (unpaired) electrons. The van der Waals surface area contributed by atoms with E-state index in [9.17, 15) is 0 Å². The zero-order chi connectivity index (χ0) is 6.53. The van der Waals surface area contributed by atoms with Crippen molar-refractivity contribution >= 4 is 0 Å². The summed E-state index contributed by atoms with van der Waals surface area (Å²) in [4.78, 5) is 0. The van der Waals surface area contributed by atoms with Gasteiger partial charge in [0.25, 0.3) is 0 Å². The summed E-state index contributed by atoms with van der Waals surface area (Å²) in [7, 11) is 0. The van der Waals surface area contributed by atoms with Crippen LogP contribution in [0.25, 0.3) is 0 Å². The molecule has 0 amide bonds. The Bertz CT molecular complexity index is 153. The van der Waals surface area contributed by atoms with E-state index in [4.69, 9.17) is 0 Å². The highest BCUT2D eigenvalue weighted by Gasteiger charge is 1.84. The maximum Gasteiger partial charge on any atom is -0.0181 e. The van der Waals surface area contributed by atoms with Crippen LogP contribution in [0.1, 0.15) is 12.0 Å².